The van der Waals surface area contributed by atoms with Gasteiger partial charge in [-0.15, -0.1) is 0 Å². The number of ether oxygens (including phenoxy) is 1. The Morgan fingerprint density at radius 2 is 1.96 bits per heavy atom. The van der Waals surface area contributed by atoms with Crippen LogP contribution in [0.1, 0.15) is 21.7 Å². The number of benzene rings is 2. The van der Waals surface area contributed by atoms with Crippen molar-refractivity contribution < 1.29 is 14.6 Å². The van der Waals surface area contributed by atoms with Gasteiger partial charge in [0.25, 0.3) is 5.56 Å². The highest BCUT2D eigenvalue weighted by molar-refractivity contribution is 5.92. The van der Waals surface area contributed by atoms with E-state index in [2.05, 4.69) is 9.97 Å². The van der Waals surface area contributed by atoms with E-state index in [1.54, 1.807) is 7.11 Å². The number of H-pyrrole nitrogens is 1. The average molecular weight is 310 g/mol. The van der Waals surface area contributed by atoms with Gasteiger partial charge in [-0.05, 0) is 35.9 Å². The molecule has 116 valence electrons. The van der Waals surface area contributed by atoms with Crippen LogP contribution in [0.5, 0.6) is 5.75 Å². The Bertz CT molecular complexity index is 929. The van der Waals surface area contributed by atoms with E-state index in [9.17, 15) is 9.59 Å². The minimum atomic E-state index is -1.05. The maximum Gasteiger partial charge on any atom is 0.335 e. The highest BCUT2D eigenvalue weighted by atomic mass is 16.5. The molecule has 2 N–H and O–H groups in total. The summed E-state index contributed by atoms with van der Waals surface area (Å²) in [5, 5.41) is 9.41. The predicted octanol–water partition coefficient (Wildman–Crippen LogP) is 2.22. The van der Waals surface area contributed by atoms with Gasteiger partial charge in [-0.2, -0.15) is 0 Å². The molecule has 0 aliphatic heterocycles. The molecule has 0 radical (unpaired) electrons. The summed E-state index contributed by atoms with van der Waals surface area (Å²) in [6.45, 7) is 0. The number of aromatic amines is 1. The molecule has 6 nitrogen and oxygen atoms in total. The van der Waals surface area contributed by atoms with Crippen molar-refractivity contribution >= 4 is 16.9 Å². The Hall–Kier alpha value is -3.15. The molecule has 0 aliphatic carbocycles. The molecule has 3 rings (SSSR count). The van der Waals surface area contributed by atoms with Crippen molar-refractivity contribution in [3.05, 3.63) is 69.8 Å². The van der Waals surface area contributed by atoms with Crippen LogP contribution in [-0.2, 0) is 6.42 Å². The first-order valence-corrected chi connectivity index (χ1v) is 6.96. The highest BCUT2D eigenvalue weighted by Crippen LogP contribution is 2.15. The Balaban J connectivity index is 2.00. The Labute approximate surface area is 131 Å². The molecule has 0 amide bonds. The summed E-state index contributed by atoms with van der Waals surface area (Å²) in [6, 6.07) is 11.7. The highest BCUT2D eigenvalue weighted by Gasteiger charge is 2.09. The van der Waals surface area contributed by atoms with E-state index in [4.69, 9.17) is 9.84 Å². The van der Waals surface area contributed by atoms with Gasteiger partial charge in [-0.1, -0.05) is 12.1 Å². The fourth-order valence-electron chi connectivity index (χ4n) is 2.34. The van der Waals surface area contributed by atoms with Crippen LogP contribution >= 0.6 is 0 Å². The van der Waals surface area contributed by atoms with Gasteiger partial charge in [0.15, 0.2) is 0 Å². The van der Waals surface area contributed by atoms with Crippen LogP contribution in [0.2, 0.25) is 0 Å². The molecule has 2 aromatic carbocycles. The molecular formula is C17H14N2O4. The van der Waals surface area contributed by atoms with Crippen molar-refractivity contribution in [1.82, 2.24) is 9.97 Å². The molecule has 0 unspecified atom stereocenters. The number of carbonyl (C=O) groups is 1. The number of fused-ring (bicyclic) bond motifs is 1. The molecular weight excluding hydrogens is 296 g/mol. The van der Waals surface area contributed by atoms with Gasteiger partial charge < -0.3 is 14.8 Å². The number of aromatic carboxylic acids is 1. The Morgan fingerprint density at radius 3 is 2.61 bits per heavy atom. The van der Waals surface area contributed by atoms with Crippen molar-refractivity contribution in [2.75, 3.05) is 7.11 Å². The normalized spacial score (nSPS) is 10.7. The number of carboxylic acid groups (broad SMARTS) is 1. The third kappa shape index (κ3) is 3.06. The standard InChI is InChI=1S/C17H14N2O4/c1-23-12-5-2-10(3-6-12)8-15-18-14-9-11(17(21)22)4-7-13(14)16(20)19-15/h2-7,9H,8H2,1H3,(H,21,22)(H,18,19,20). The summed E-state index contributed by atoms with van der Waals surface area (Å²) >= 11 is 0. The lowest BCUT2D eigenvalue weighted by atomic mass is 10.1. The van der Waals surface area contributed by atoms with Gasteiger partial charge in [-0.25, -0.2) is 9.78 Å². The summed E-state index contributed by atoms with van der Waals surface area (Å²) in [7, 11) is 1.59. The minimum absolute atomic E-state index is 0.103. The Morgan fingerprint density at radius 1 is 1.22 bits per heavy atom. The van der Waals surface area contributed by atoms with Gasteiger partial charge >= 0.3 is 5.97 Å². The van der Waals surface area contributed by atoms with Gasteiger partial charge in [0.1, 0.15) is 11.6 Å². The lowest BCUT2D eigenvalue weighted by molar-refractivity contribution is 0.0697. The molecule has 3 aromatic rings. The lowest BCUT2D eigenvalue weighted by Gasteiger charge is -2.05. The smallest absolute Gasteiger partial charge is 0.335 e. The second-order valence-electron chi connectivity index (χ2n) is 5.07. The molecule has 1 heterocycles. The van der Waals surface area contributed by atoms with Crippen molar-refractivity contribution in [2.45, 2.75) is 6.42 Å². The van der Waals surface area contributed by atoms with Gasteiger partial charge in [0.2, 0.25) is 0 Å². The first kappa shape index (κ1) is 14.8. The number of hydrogen-bond acceptors (Lipinski definition) is 4. The van der Waals surface area contributed by atoms with E-state index in [0.29, 0.717) is 23.1 Å². The first-order valence-electron chi connectivity index (χ1n) is 6.96. The van der Waals surface area contributed by atoms with Crippen LogP contribution in [0, 0.1) is 0 Å². The third-order valence-corrected chi connectivity index (χ3v) is 3.53. The molecule has 0 fully saturated rings. The summed E-state index contributed by atoms with van der Waals surface area (Å²) in [5.74, 6) is 0.181. The molecule has 0 aliphatic rings. The van der Waals surface area contributed by atoms with Gasteiger partial charge in [0, 0.05) is 6.42 Å². The van der Waals surface area contributed by atoms with Crippen LogP contribution in [0.25, 0.3) is 10.9 Å². The third-order valence-electron chi connectivity index (χ3n) is 3.53. The van der Waals surface area contributed by atoms with Crippen LogP contribution in [0.4, 0.5) is 0 Å². The zero-order valence-electron chi connectivity index (χ0n) is 12.4. The topological polar surface area (TPSA) is 92.3 Å². The fourth-order valence-corrected chi connectivity index (χ4v) is 2.34. The largest absolute Gasteiger partial charge is 0.497 e. The summed E-state index contributed by atoms with van der Waals surface area (Å²) in [4.78, 5) is 30.2. The number of rotatable bonds is 4. The maximum atomic E-state index is 12.1. The van der Waals surface area contributed by atoms with E-state index in [1.165, 1.54) is 18.2 Å². The molecule has 0 spiro atoms. The van der Waals surface area contributed by atoms with Crippen molar-refractivity contribution in [2.24, 2.45) is 0 Å². The number of aromatic nitrogens is 2. The van der Waals surface area contributed by atoms with Crippen molar-refractivity contribution in [1.29, 1.82) is 0 Å². The summed E-state index contributed by atoms with van der Waals surface area (Å²) < 4.78 is 5.10. The first-order chi connectivity index (χ1) is 11.1. The number of carboxylic acids is 1. The van der Waals surface area contributed by atoms with E-state index < -0.39 is 5.97 Å². The molecule has 0 saturated carbocycles. The monoisotopic (exact) mass is 310 g/mol. The number of nitrogens with zero attached hydrogens (tertiary/aromatic N) is 1. The van der Waals surface area contributed by atoms with Crippen LogP contribution in [0.15, 0.2) is 47.3 Å². The maximum absolute atomic E-state index is 12.1. The molecule has 0 saturated heterocycles. The number of nitrogens with one attached hydrogen (secondary N) is 1. The van der Waals surface area contributed by atoms with Gasteiger partial charge in [0.05, 0.1) is 23.6 Å². The summed E-state index contributed by atoms with van der Waals surface area (Å²) in [6.07, 6.45) is 0.437. The van der Waals surface area contributed by atoms with Crippen LogP contribution in [0.3, 0.4) is 0 Å². The Kier molecular flexibility index (Phi) is 3.80. The van der Waals surface area contributed by atoms with Crippen molar-refractivity contribution in [3.63, 3.8) is 0 Å². The fraction of sp³-hybridized carbons (Fsp3) is 0.118. The second-order valence-corrected chi connectivity index (χ2v) is 5.07. The minimum Gasteiger partial charge on any atom is -0.497 e. The van der Waals surface area contributed by atoms with E-state index in [0.717, 1.165) is 11.3 Å². The molecule has 0 atom stereocenters. The lowest BCUT2D eigenvalue weighted by Crippen LogP contribution is -2.13. The molecule has 6 heteroatoms. The summed E-state index contributed by atoms with van der Waals surface area (Å²) in [5.41, 5.74) is 1.15. The zero-order valence-corrected chi connectivity index (χ0v) is 12.4. The second kappa shape index (κ2) is 5.92. The average Bonchev–Trinajstić information content (AvgIpc) is 2.55. The number of methoxy groups -OCH3 is 1. The molecule has 0 bridgehead atoms. The molecule has 1 aromatic heterocycles. The van der Waals surface area contributed by atoms with Crippen LogP contribution in [-0.4, -0.2) is 28.2 Å². The van der Waals surface area contributed by atoms with Crippen LogP contribution < -0.4 is 10.3 Å². The number of hydrogen-bond donors (Lipinski definition) is 2. The van der Waals surface area contributed by atoms with E-state index in [-0.39, 0.29) is 11.1 Å². The van der Waals surface area contributed by atoms with E-state index in [1.807, 2.05) is 24.3 Å². The zero-order chi connectivity index (χ0) is 16.4. The molecule has 23 heavy (non-hydrogen) atoms. The van der Waals surface area contributed by atoms with E-state index >= 15 is 0 Å². The van der Waals surface area contributed by atoms with Crippen molar-refractivity contribution in [3.8, 4) is 5.75 Å². The SMILES string of the molecule is COc1ccc(Cc2nc3cc(C(=O)O)ccc3c(=O)[nH]2)cc1. The predicted molar refractivity (Wildman–Crippen MR) is 85.1 cm³/mol. The quantitative estimate of drug-likeness (QED) is 0.771. The van der Waals surface area contributed by atoms with Gasteiger partial charge in [-0.3, -0.25) is 4.79 Å².